The number of para-hydroxylation sites is 1. The van der Waals surface area contributed by atoms with Crippen LogP contribution in [0.3, 0.4) is 0 Å². The molecule has 0 aliphatic carbocycles. The Hall–Kier alpha value is -3.77. The van der Waals surface area contributed by atoms with E-state index in [9.17, 15) is 14.7 Å². The van der Waals surface area contributed by atoms with Crippen molar-refractivity contribution in [1.29, 1.82) is 0 Å². The van der Waals surface area contributed by atoms with Gasteiger partial charge in [0.25, 0.3) is 0 Å². The molecule has 0 radical (unpaired) electrons. The second-order valence-electron chi connectivity index (χ2n) is 9.44. The Morgan fingerprint density at radius 2 is 1.81 bits per heavy atom. The number of amides is 1. The molecular weight excluding hydrogens is 488 g/mol. The first-order chi connectivity index (χ1) is 17.8. The number of carboxylic acid groups (broad SMARTS) is 1. The monoisotopic (exact) mass is 516 g/mol. The summed E-state index contributed by atoms with van der Waals surface area (Å²) in [4.78, 5) is 26.9. The number of nitrogens with zero attached hydrogens (tertiary/aromatic N) is 2. The van der Waals surface area contributed by atoms with Crippen molar-refractivity contribution in [2.45, 2.75) is 32.2 Å². The van der Waals surface area contributed by atoms with Gasteiger partial charge in [0.15, 0.2) is 6.61 Å². The number of fused-ring (bicyclic) bond motifs is 2. The van der Waals surface area contributed by atoms with Gasteiger partial charge in [-0.1, -0.05) is 54.1 Å². The maximum absolute atomic E-state index is 13.8. The highest BCUT2D eigenvalue weighted by molar-refractivity contribution is 6.30. The molecule has 1 aromatic heterocycles. The zero-order valence-electron chi connectivity index (χ0n) is 20.9. The topological polar surface area (TPSA) is 71.8 Å². The van der Waals surface area contributed by atoms with Gasteiger partial charge in [-0.3, -0.25) is 4.79 Å². The van der Waals surface area contributed by atoms with Crippen LogP contribution in [0.25, 0.3) is 10.9 Å². The van der Waals surface area contributed by atoms with Gasteiger partial charge in [-0.15, -0.1) is 0 Å². The minimum absolute atomic E-state index is 0.0380. The summed E-state index contributed by atoms with van der Waals surface area (Å²) in [7, 11) is 2.05. The molecule has 190 valence electrons. The summed E-state index contributed by atoms with van der Waals surface area (Å²) in [6, 6.07) is 21.0. The van der Waals surface area contributed by atoms with Gasteiger partial charge in [0.2, 0.25) is 5.91 Å². The van der Waals surface area contributed by atoms with Gasteiger partial charge in [0.1, 0.15) is 5.75 Å². The Morgan fingerprint density at radius 1 is 1.05 bits per heavy atom. The van der Waals surface area contributed by atoms with Crippen LogP contribution < -0.4 is 4.74 Å². The Kier molecular flexibility index (Phi) is 6.94. The lowest BCUT2D eigenvalue weighted by atomic mass is 9.87. The van der Waals surface area contributed by atoms with Crippen molar-refractivity contribution >= 4 is 34.4 Å². The number of carbonyl (C=O) groups excluding carboxylic acids is 1. The highest BCUT2D eigenvalue weighted by Crippen LogP contribution is 2.41. The van der Waals surface area contributed by atoms with Crippen LogP contribution in [-0.2, 0) is 29.5 Å². The van der Waals surface area contributed by atoms with Crippen molar-refractivity contribution in [3.8, 4) is 5.75 Å². The molecule has 1 atom stereocenters. The van der Waals surface area contributed by atoms with Crippen LogP contribution in [0.5, 0.6) is 5.75 Å². The van der Waals surface area contributed by atoms with Crippen LogP contribution in [-0.4, -0.2) is 39.6 Å². The maximum atomic E-state index is 13.8. The molecule has 4 aromatic rings. The third kappa shape index (κ3) is 4.81. The molecule has 3 aromatic carbocycles. The summed E-state index contributed by atoms with van der Waals surface area (Å²) < 4.78 is 7.82. The number of carbonyl (C=O) groups is 2. The van der Waals surface area contributed by atoms with Crippen LogP contribution in [0.15, 0.2) is 66.7 Å². The highest BCUT2D eigenvalue weighted by atomic mass is 35.5. The largest absolute Gasteiger partial charge is 0.482 e. The van der Waals surface area contributed by atoms with E-state index in [1.165, 1.54) is 10.9 Å². The number of carboxylic acids is 1. The minimum Gasteiger partial charge on any atom is -0.482 e. The summed E-state index contributed by atoms with van der Waals surface area (Å²) >= 11 is 6.39. The molecule has 5 rings (SSSR count). The predicted molar refractivity (Wildman–Crippen MR) is 144 cm³/mol. The number of aliphatic carboxylic acids is 1. The third-order valence-electron chi connectivity index (χ3n) is 7.34. The molecule has 0 saturated carbocycles. The van der Waals surface area contributed by atoms with Crippen molar-refractivity contribution in [2.24, 2.45) is 7.05 Å². The summed E-state index contributed by atoms with van der Waals surface area (Å²) in [5.41, 5.74) is 6.36. The van der Waals surface area contributed by atoms with E-state index in [0.717, 1.165) is 28.8 Å². The Morgan fingerprint density at radius 3 is 2.62 bits per heavy atom. The van der Waals surface area contributed by atoms with Crippen LogP contribution >= 0.6 is 11.6 Å². The lowest BCUT2D eigenvalue weighted by Gasteiger charge is -2.38. The number of aryl methyl sites for hydroxylation is 2. The Labute approximate surface area is 221 Å². The molecule has 0 spiro atoms. The summed E-state index contributed by atoms with van der Waals surface area (Å²) in [6.45, 7) is 2.18. The number of aromatic nitrogens is 1. The van der Waals surface area contributed by atoms with E-state index >= 15 is 0 Å². The van der Waals surface area contributed by atoms with Gasteiger partial charge in [0, 0.05) is 47.2 Å². The smallest absolute Gasteiger partial charge is 0.341 e. The number of hydrogen-bond donors (Lipinski definition) is 1. The van der Waals surface area contributed by atoms with E-state index in [1.807, 2.05) is 35.2 Å². The third-order valence-corrected chi connectivity index (χ3v) is 7.58. The van der Waals surface area contributed by atoms with Gasteiger partial charge in [0.05, 0.1) is 6.04 Å². The van der Waals surface area contributed by atoms with Gasteiger partial charge in [-0.2, -0.15) is 0 Å². The molecule has 1 aliphatic rings. The van der Waals surface area contributed by atoms with E-state index in [2.05, 4.69) is 36.7 Å². The van der Waals surface area contributed by atoms with Gasteiger partial charge in [-0.25, -0.2) is 4.79 Å². The molecule has 0 saturated heterocycles. The molecule has 2 heterocycles. The number of ether oxygens (including phenoxy) is 1. The molecule has 0 fully saturated rings. The lowest BCUT2D eigenvalue weighted by molar-refractivity contribution is -0.139. The first-order valence-corrected chi connectivity index (χ1v) is 12.8. The zero-order chi connectivity index (χ0) is 26.1. The first-order valence-electron chi connectivity index (χ1n) is 12.4. The van der Waals surface area contributed by atoms with E-state index in [4.69, 9.17) is 16.3 Å². The molecular formula is C30H29ClN2O4. The Balaban J connectivity index is 1.50. The summed E-state index contributed by atoms with van der Waals surface area (Å²) in [5.74, 6) is -0.615. The van der Waals surface area contributed by atoms with Crippen LogP contribution in [0.2, 0.25) is 5.02 Å². The van der Waals surface area contributed by atoms with Crippen molar-refractivity contribution in [3.63, 3.8) is 0 Å². The Bertz CT molecular complexity index is 1490. The lowest BCUT2D eigenvalue weighted by Crippen LogP contribution is -2.41. The van der Waals surface area contributed by atoms with E-state index < -0.39 is 18.6 Å². The number of rotatable bonds is 7. The van der Waals surface area contributed by atoms with Crippen molar-refractivity contribution in [3.05, 3.63) is 99.7 Å². The summed E-state index contributed by atoms with van der Waals surface area (Å²) in [6.07, 6.45) is 1.74. The standard InChI is InChI=1S/C30H29ClN2O4/c1-19-22(24-9-5-6-10-26(24)32(19)2)12-14-28(34)33-16-15-20-7-3-4-8-23(20)30(33)25-17-21(31)11-13-27(25)37-18-29(35)36/h3-11,13,17,30H,12,14-16,18H2,1-2H3,(H,35,36). The van der Waals surface area contributed by atoms with Crippen LogP contribution in [0, 0.1) is 6.92 Å². The molecule has 1 amide bonds. The average Bonchev–Trinajstić information content (AvgIpc) is 3.15. The highest BCUT2D eigenvalue weighted by Gasteiger charge is 2.34. The fourth-order valence-electron chi connectivity index (χ4n) is 5.46. The molecule has 0 bridgehead atoms. The van der Waals surface area contributed by atoms with Crippen LogP contribution in [0.1, 0.15) is 40.4 Å². The van der Waals surface area contributed by atoms with E-state index in [1.54, 1.807) is 18.2 Å². The normalized spacial score (nSPS) is 15.0. The SMILES string of the molecule is Cc1c(CCC(=O)N2CCc3ccccc3C2c2cc(Cl)ccc2OCC(=O)O)c2ccccc2n1C. The molecule has 1 aliphatic heterocycles. The molecule has 37 heavy (non-hydrogen) atoms. The molecule has 7 heteroatoms. The maximum Gasteiger partial charge on any atom is 0.341 e. The van der Waals surface area contributed by atoms with Gasteiger partial charge < -0.3 is 19.3 Å². The molecule has 1 N–H and O–H groups in total. The minimum atomic E-state index is -1.07. The van der Waals surface area contributed by atoms with Gasteiger partial charge in [-0.05, 0) is 60.7 Å². The molecule has 6 nitrogen and oxygen atoms in total. The second-order valence-corrected chi connectivity index (χ2v) is 9.88. The summed E-state index contributed by atoms with van der Waals surface area (Å²) in [5, 5.41) is 10.9. The fraction of sp³-hybridized carbons (Fsp3) is 0.267. The number of benzene rings is 3. The zero-order valence-corrected chi connectivity index (χ0v) is 21.7. The predicted octanol–water partition coefficient (Wildman–Crippen LogP) is 5.71. The number of hydrogen-bond acceptors (Lipinski definition) is 3. The van der Waals surface area contributed by atoms with Gasteiger partial charge >= 0.3 is 5.97 Å². The molecule has 1 unspecified atom stereocenters. The second kappa shape index (κ2) is 10.3. The van der Waals surface area contributed by atoms with Crippen molar-refractivity contribution in [1.82, 2.24) is 9.47 Å². The van der Waals surface area contributed by atoms with Crippen LogP contribution in [0.4, 0.5) is 0 Å². The van der Waals surface area contributed by atoms with Crippen molar-refractivity contribution < 1.29 is 19.4 Å². The number of halogens is 1. The average molecular weight is 517 g/mol. The first kappa shape index (κ1) is 24.9. The van der Waals surface area contributed by atoms with E-state index in [0.29, 0.717) is 35.7 Å². The quantitative estimate of drug-likeness (QED) is 0.341. The fourth-order valence-corrected chi connectivity index (χ4v) is 5.65. The van der Waals surface area contributed by atoms with Crippen molar-refractivity contribution in [2.75, 3.05) is 13.2 Å². The van der Waals surface area contributed by atoms with E-state index in [-0.39, 0.29) is 5.91 Å².